The number of amides is 2. The molecular formula is C19H20Cl2N2O2. The zero-order valence-corrected chi connectivity index (χ0v) is 15.9. The van der Waals surface area contributed by atoms with E-state index in [0.29, 0.717) is 15.7 Å². The molecule has 0 fully saturated rings. The Morgan fingerprint density at radius 2 is 1.80 bits per heavy atom. The molecule has 0 atom stereocenters. The summed E-state index contributed by atoms with van der Waals surface area (Å²) < 4.78 is 0. The maximum atomic E-state index is 12.2. The predicted octanol–water partition coefficient (Wildman–Crippen LogP) is 4.99. The number of benzene rings is 2. The topological polar surface area (TPSA) is 49.4 Å². The van der Waals surface area contributed by atoms with E-state index in [-0.39, 0.29) is 24.8 Å². The molecule has 2 aromatic carbocycles. The van der Waals surface area contributed by atoms with Crippen molar-refractivity contribution in [2.45, 2.75) is 27.2 Å². The smallest absolute Gasteiger partial charge is 0.226 e. The Labute approximate surface area is 157 Å². The van der Waals surface area contributed by atoms with Crippen LogP contribution in [-0.2, 0) is 9.59 Å². The van der Waals surface area contributed by atoms with Crippen molar-refractivity contribution in [1.29, 1.82) is 0 Å². The number of nitrogens with one attached hydrogen (secondary N) is 1. The van der Waals surface area contributed by atoms with E-state index < -0.39 is 0 Å². The standard InChI is InChI=1S/C19H20Cl2N2O2/c1-12-4-7-18(13(2)10-12)23(14(3)24)9-8-19(25)22-17-6-5-15(20)11-16(17)21/h4-7,10-11H,8-9H2,1-3H3,(H,22,25). The van der Waals surface area contributed by atoms with Crippen LogP contribution in [0.25, 0.3) is 0 Å². The number of anilines is 2. The molecule has 0 saturated heterocycles. The van der Waals surface area contributed by atoms with Gasteiger partial charge in [0, 0.05) is 30.6 Å². The first-order valence-electron chi connectivity index (χ1n) is 7.88. The summed E-state index contributed by atoms with van der Waals surface area (Å²) in [7, 11) is 0. The van der Waals surface area contributed by atoms with Crippen LogP contribution in [0.2, 0.25) is 10.0 Å². The molecule has 0 unspecified atom stereocenters. The highest BCUT2D eigenvalue weighted by molar-refractivity contribution is 6.36. The van der Waals surface area contributed by atoms with Gasteiger partial charge >= 0.3 is 0 Å². The molecule has 2 rings (SSSR count). The highest BCUT2D eigenvalue weighted by Gasteiger charge is 2.16. The van der Waals surface area contributed by atoms with E-state index in [1.807, 2.05) is 32.0 Å². The monoisotopic (exact) mass is 378 g/mol. The number of rotatable bonds is 5. The number of hydrogen-bond acceptors (Lipinski definition) is 2. The first-order valence-corrected chi connectivity index (χ1v) is 8.64. The molecule has 6 heteroatoms. The van der Waals surface area contributed by atoms with Gasteiger partial charge in [0.2, 0.25) is 11.8 Å². The molecule has 0 aliphatic rings. The van der Waals surface area contributed by atoms with Crippen molar-refractivity contribution in [3.63, 3.8) is 0 Å². The SMILES string of the molecule is CC(=O)N(CCC(=O)Nc1ccc(Cl)cc1Cl)c1ccc(C)cc1C. The molecule has 0 radical (unpaired) electrons. The van der Waals surface area contributed by atoms with Gasteiger partial charge in [0.25, 0.3) is 0 Å². The van der Waals surface area contributed by atoms with Gasteiger partial charge in [-0.3, -0.25) is 9.59 Å². The summed E-state index contributed by atoms with van der Waals surface area (Å²) in [5, 5.41) is 3.61. The minimum absolute atomic E-state index is 0.107. The van der Waals surface area contributed by atoms with Gasteiger partial charge in [0.1, 0.15) is 0 Å². The fourth-order valence-corrected chi connectivity index (χ4v) is 3.03. The Bertz CT molecular complexity index is 806. The molecular weight excluding hydrogens is 359 g/mol. The van der Waals surface area contributed by atoms with Crippen molar-refractivity contribution in [2.24, 2.45) is 0 Å². The van der Waals surface area contributed by atoms with Gasteiger partial charge in [0.15, 0.2) is 0 Å². The molecule has 132 valence electrons. The molecule has 0 spiro atoms. The minimum Gasteiger partial charge on any atom is -0.325 e. The molecule has 4 nitrogen and oxygen atoms in total. The van der Waals surface area contributed by atoms with Gasteiger partial charge in [-0.25, -0.2) is 0 Å². The largest absolute Gasteiger partial charge is 0.325 e. The van der Waals surface area contributed by atoms with Crippen molar-refractivity contribution in [2.75, 3.05) is 16.8 Å². The lowest BCUT2D eigenvalue weighted by Crippen LogP contribution is -2.32. The summed E-state index contributed by atoms with van der Waals surface area (Å²) in [6.45, 7) is 5.73. The minimum atomic E-state index is -0.222. The normalized spacial score (nSPS) is 10.4. The van der Waals surface area contributed by atoms with Crippen LogP contribution in [0.15, 0.2) is 36.4 Å². The Kier molecular flexibility index (Phi) is 6.45. The number of halogens is 2. The van der Waals surface area contributed by atoms with Gasteiger partial charge in [-0.05, 0) is 43.7 Å². The number of hydrogen-bond donors (Lipinski definition) is 1. The van der Waals surface area contributed by atoms with Crippen LogP contribution in [0.1, 0.15) is 24.5 Å². The maximum Gasteiger partial charge on any atom is 0.226 e. The van der Waals surface area contributed by atoms with Crippen LogP contribution in [0.4, 0.5) is 11.4 Å². The van der Waals surface area contributed by atoms with E-state index in [0.717, 1.165) is 16.8 Å². The molecule has 1 N–H and O–H groups in total. The second-order valence-electron chi connectivity index (χ2n) is 5.88. The van der Waals surface area contributed by atoms with Crippen molar-refractivity contribution >= 4 is 46.4 Å². The molecule has 0 aliphatic carbocycles. The number of aryl methyl sites for hydroxylation is 2. The van der Waals surface area contributed by atoms with Crippen molar-refractivity contribution < 1.29 is 9.59 Å². The van der Waals surface area contributed by atoms with Crippen LogP contribution in [-0.4, -0.2) is 18.4 Å². The average Bonchev–Trinajstić information content (AvgIpc) is 2.52. The van der Waals surface area contributed by atoms with Crippen molar-refractivity contribution in [1.82, 2.24) is 0 Å². The van der Waals surface area contributed by atoms with E-state index in [9.17, 15) is 9.59 Å². The van der Waals surface area contributed by atoms with Crippen molar-refractivity contribution in [3.05, 3.63) is 57.6 Å². The van der Waals surface area contributed by atoms with Crippen LogP contribution in [0.5, 0.6) is 0 Å². The van der Waals surface area contributed by atoms with E-state index in [4.69, 9.17) is 23.2 Å². The van der Waals surface area contributed by atoms with E-state index in [1.165, 1.54) is 6.92 Å². The average molecular weight is 379 g/mol. The lowest BCUT2D eigenvalue weighted by Gasteiger charge is -2.23. The molecule has 0 saturated carbocycles. The molecule has 0 aliphatic heterocycles. The first kappa shape index (κ1) is 19.3. The summed E-state index contributed by atoms with van der Waals surface area (Å²) in [5.41, 5.74) is 3.43. The lowest BCUT2D eigenvalue weighted by atomic mass is 10.1. The summed E-state index contributed by atoms with van der Waals surface area (Å²) in [4.78, 5) is 25.8. The van der Waals surface area contributed by atoms with Crippen molar-refractivity contribution in [3.8, 4) is 0 Å². The zero-order valence-electron chi connectivity index (χ0n) is 14.4. The summed E-state index contributed by atoms with van der Waals surface area (Å²) >= 11 is 11.9. The molecule has 0 aromatic heterocycles. The van der Waals surface area contributed by atoms with Gasteiger partial charge in [-0.1, -0.05) is 40.9 Å². The quantitative estimate of drug-likeness (QED) is 0.796. The molecule has 0 bridgehead atoms. The third-order valence-electron chi connectivity index (χ3n) is 3.79. The van der Waals surface area contributed by atoms with E-state index >= 15 is 0 Å². The maximum absolute atomic E-state index is 12.2. The predicted molar refractivity (Wildman–Crippen MR) is 104 cm³/mol. The van der Waals surface area contributed by atoms with Gasteiger partial charge in [0.05, 0.1) is 10.7 Å². The zero-order chi connectivity index (χ0) is 18.6. The number of nitrogens with zero attached hydrogens (tertiary/aromatic N) is 1. The van der Waals surface area contributed by atoms with E-state index in [1.54, 1.807) is 23.1 Å². The van der Waals surface area contributed by atoms with Crippen LogP contribution < -0.4 is 10.2 Å². The highest BCUT2D eigenvalue weighted by atomic mass is 35.5. The fourth-order valence-electron chi connectivity index (χ4n) is 2.57. The van der Waals surface area contributed by atoms with Crippen LogP contribution >= 0.6 is 23.2 Å². The first-order chi connectivity index (χ1) is 11.8. The van der Waals surface area contributed by atoms with Crippen LogP contribution in [0, 0.1) is 13.8 Å². The molecule has 0 heterocycles. The Balaban J connectivity index is 2.05. The van der Waals surface area contributed by atoms with E-state index in [2.05, 4.69) is 5.32 Å². The highest BCUT2D eigenvalue weighted by Crippen LogP contribution is 2.26. The fraction of sp³-hybridized carbons (Fsp3) is 0.263. The third-order valence-corrected chi connectivity index (χ3v) is 4.34. The van der Waals surface area contributed by atoms with Gasteiger partial charge in [-0.2, -0.15) is 0 Å². The van der Waals surface area contributed by atoms with Crippen LogP contribution in [0.3, 0.4) is 0 Å². The summed E-state index contributed by atoms with van der Waals surface area (Å²) in [6.07, 6.45) is 0.159. The third kappa shape index (κ3) is 5.21. The molecule has 2 aromatic rings. The van der Waals surface area contributed by atoms with Gasteiger partial charge < -0.3 is 10.2 Å². The number of carbonyl (C=O) groups is 2. The summed E-state index contributed by atoms with van der Waals surface area (Å²) in [5.74, 6) is -0.329. The van der Waals surface area contributed by atoms with Gasteiger partial charge in [-0.15, -0.1) is 0 Å². The Morgan fingerprint density at radius 3 is 2.40 bits per heavy atom. The second kappa shape index (κ2) is 8.37. The molecule has 25 heavy (non-hydrogen) atoms. The Morgan fingerprint density at radius 1 is 1.08 bits per heavy atom. The number of carbonyl (C=O) groups excluding carboxylic acids is 2. The summed E-state index contributed by atoms with van der Waals surface area (Å²) in [6, 6.07) is 10.7. The molecule has 2 amide bonds. The lowest BCUT2D eigenvalue weighted by molar-refractivity contribution is -0.117. The Hall–Kier alpha value is -2.04. The second-order valence-corrected chi connectivity index (χ2v) is 6.73.